The molecule has 0 aliphatic heterocycles. The second-order valence-electron chi connectivity index (χ2n) is 5.11. The third kappa shape index (κ3) is 3.58. The Kier molecular flexibility index (Phi) is 4.45. The molecule has 5 nitrogen and oxygen atoms in total. The lowest BCUT2D eigenvalue weighted by Gasteiger charge is -2.12. The van der Waals surface area contributed by atoms with Crippen LogP contribution in [0.25, 0.3) is 10.6 Å². The molecule has 0 bridgehead atoms. The van der Waals surface area contributed by atoms with E-state index in [2.05, 4.69) is 26.6 Å². The number of hydrogen-bond acceptors (Lipinski definition) is 5. The van der Waals surface area contributed by atoms with E-state index < -0.39 is 0 Å². The SMILES string of the molecule is O=c1[nH]c(NCCC2=CCCCC2)nnc1-c1cccs1. The molecule has 2 N–H and O–H groups in total. The van der Waals surface area contributed by atoms with Crippen LogP contribution >= 0.6 is 11.3 Å². The maximum Gasteiger partial charge on any atom is 0.279 e. The van der Waals surface area contributed by atoms with E-state index in [9.17, 15) is 4.79 Å². The molecule has 2 heterocycles. The summed E-state index contributed by atoms with van der Waals surface area (Å²) >= 11 is 1.48. The van der Waals surface area contributed by atoms with Gasteiger partial charge in [-0.05, 0) is 43.6 Å². The molecule has 2 aromatic heterocycles. The highest BCUT2D eigenvalue weighted by atomic mass is 32.1. The number of aromatic amines is 1. The smallest absolute Gasteiger partial charge is 0.279 e. The van der Waals surface area contributed by atoms with Crippen LogP contribution in [0.5, 0.6) is 0 Å². The van der Waals surface area contributed by atoms with Crippen molar-refractivity contribution < 1.29 is 0 Å². The van der Waals surface area contributed by atoms with Crippen molar-refractivity contribution in [2.45, 2.75) is 32.1 Å². The first-order valence-corrected chi connectivity index (χ1v) is 8.13. The molecule has 1 aliphatic rings. The number of nitrogens with zero attached hydrogens (tertiary/aromatic N) is 2. The van der Waals surface area contributed by atoms with Gasteiger partial charge in [0.1, 0.15) is 0 Å². The number of anilines is 1. The monoisotopic (exact) mass is 302 g/mol. The summed E-state index contributed by atoms with van der Waals surface area (Å²) in [4.78, 5) is 15.6. The molecule has 0 atom stereocenters. The van der Waals surface area contributed by atoms with Gasteiger partial charge in [-0.15, -0.1) is 21.5 Å². The zero-order valence-corrected chi connectivity index (χ0v) is 12.6. The molecule has 110 valence electrons. The van der Waals surface area contributed by atoms with Gasteiger partial charge in [0.25, 0.3) is 5.56 Å². The fourth-order valence-corrected chi connectivity index (χ4v) is 3.17. The summed E-state index contributed by atoms with van der Waals surface area (Å²) in [6.07, 6.45) is 8.32. The zero-order chi connectivity index (χ0) is 14.5. The topological polar surface area (TPSA) is 70.7 Å². The van der Waals surface area contributed by atoms with Crippen molar-refractivity contribution in [2.75, 3.05) is 11.9 Å². The number of allylic oxidation sites excluding steroid dienone is 1. The average molecular weight is 302 g/mol. The van der Waals surface area contributed by atoms with Crippen LogP contribution in [-0.4, -0.2) is 21.7 Å². The van der Waals surface area contributed by atoms with Gasteiger partial charge in [0.15, 0.2) is 5.69 Å². The molecule has 2 aromatic rings. The summed E-state index contributed by atoms with van der Waals surface area (Å²) in [6.45, 7) is 0.773. The van der Waals surface area contributed by atoms with Crippen molar-refractivity contribution in [3.8, 4) is 10.6 Å². The largest absolute Gasteiger partial charge is 0.354 e. The average Bonchev–Trinajstić information content (AvgIpc) is 3.02. The first-order valence-electron chi connectivity index (χ1n) is 7.25. The molecule has 3 rings (SSSR count). The Morgan fingerprint density at radius 3 is 3.00 bits per heavy atom. The molecule has 1 aliphatic carbocycles. The molecule has 0 fully saturated rings. The second kappa shape index (κ2) is 6.67. The Morgan fingerprint density at radius 1 is 1.33 bits per heavy atom. The molecular weight excluding hydrogens is 284 g/mol. The van der Waals surface area contributed by atoms with Gasteiger partial charge in [0.2, 0.25) is 5.95 Å². The lowest BCUT2D eigenvalue weighted by molar-refractivity contribution is 0.678. The number of H-pyrrole nitrogens is 1. The van der Waals surface area contributed by atoms with E-state index >= 15 is 0 Å². The van der Waals surface area contributed by atoms with Crippen molar-refractivity contribution in [3.63, 3.8) is 0 Å². The van der Waals surface area contributed by atoms with E-state index in [1.807, 2.05) is 17.5 Å². The summed E-state index contributed by atoms with van der Waals surface area (Å²) < 4.78 is 0. The minimum absolute atomic E-state index is 0.202. The quantitative estimate of drug-likeness (QED) is 0.832. The molecule has 0 spiro atoms. The van der Waals surface area contributed by atoms with Gasteiger partial charge in [-0.1, -0.05) is 17.7 Å². The Hall–Kier alpha value is -1.95. The van der Waals surface area contributed by atoms with Crippen molar-refractivity contribution in [2.24, 2.45) is 0 Å². The van der Waals surface area contributed by atoms with E-state index in [0.717, 1.165) is 17.8 Å². The molecule has 21 heavy (non-hydrogen) atoms. The molecule has 0 aromatic carbocycles. The molecule has 6 heteroatoms. The van der Waals surface area contributed by atoms with Crippen molar-refractivity contribution in [3.05, 3.63) is 39.5 Å². The number of thiophene rings is 1. The molecular formula is C15H18N4OS. The molecule has 0 amide bonds. The van der Waals surface area contributed by atoms with Crippen LogP contribution in [0, 0.1) is 0 Å². The Labute approximate surface area is 127 Å². The Morgan fingerprint density at radius 2 is 2.29 bits per heavy atom. The van der Waals surface area contributed by atoms with E-state index in [1.165, 1.54) is 42.6 Å². The third-order valence-corrected chi connectivity index (χ3v) is 4.45. The lowest BCUT2D eigenvalue weighted by Crippen LogP contribution is -2.17. The first kappa shape index (κ1) is 14.0. The fraction of sp³-hybridized carbons (Fsp3) is 0.400. The zero-order valence-electron chi connectivity index (χ0n) is 11.8. The Bertz CT molecular complexity index is 675. The van der Waals surface area contributed by atoms with E-state index in [1.54, 1.807) is 0 Å². The predicted molar refractivity (Wildman–Crippen MR) is 85.6 cm³/mol. The van der Waals surface area contributed by atoms with Crippen LogP contribution in [0.2, 0.25) is 0 Å². The summed E-state index contributed by atoms with van der Waals surface area (Å²) in [7, 11) is 0. The van der Waals surface area contributed by atoms with Gasteiger partial charge < -0.3 is 5.32 Å². The maximum absolute atomic E-state index is 12.0. The van der Waals surface area contributed by atoms with E-state index in [4.69, 9.17) is 0 Å². The van der Waals surface area contributed by atoms with Gasteiger partial charge in [0.05, 0.1) is 4.88 Å². The van der Waals surface area contributed by atoms with Gasteiger partial charge >= 0.3 is 0 Å². The minimum Gasteiger partial charge on any atom is -0.354 e. The molecule has 0 radical (unpaired) electrons. The van der Waals surface area contributed by atoms with Gasteiger partial charge in [0, 0.05) is 6.54 Å². The highest BCUT2D eigenvalue weighted by Crippen LogP contribution is 2.20. The first-order chi connectivity index (χ1) is 10.3. The van der Waals surface area contributed by atoms with Crippen molar-refractivity contribution >= 4 is 17.3 Å². The van der Waals surface area contributed by atoms with Crippen LogP contribution in [0.1, 0.15) is 32.1 Å². The normalized spacial score (nSPS) is 14.8. The third-order valence-electron chi connectivity index (χ3n) is 3.58. The number of nitrogens with one attached hydrogen (secondary N) is 2. The van der Waals surface area contributed by atoms with Crippen molar-refractivity contribution in [1.82, 2.24) is 15.2 Å². The summed E-state index contributed by atoms with van der Waals surface area (Å²) in [5, 5.41) is 13.1. The van der Waals surface area contributed by atoms with Crippen LogP contribution in [0.4, 0.5) is 5.95 Å². The van der Waals surface area contributed by atoms with Crippen LogP contribution in [-0.2, 0) is 0 Å². The van der Waals surface area contributed by atoms with Crippen LogP contribution in [0.15, 0.2) is 34.0 Å². The fourth-order valence-electron chi connectivity index (χ4n) is 2.46. The van der Waals surface area contributed by atoms with Gasteiger partial charge in [-0.2, -0.15) is 0 Å². The minimum atomic E-state index is -0.202. The highest BCUT2D eigenvalue weighted by Gasteiger charge is 2.08. The molecule has 0 saturated heterocycles. The second-order valence-corrected chi connectivity index (χ2v) is 6.06. The van der Waals surface area contributed by atoms with Gasteiger partial charge in [-0.3, -0.25) is 9.78 Å². The summed E-state index contributed by atoms with van der Waals surface area (Å²) in [5.74, 6) is 0.441. The van der Waals surface area contributed by atoms with E-state index in [0.29, 0.717) is 11.6 Å². The Balaban J connectivity index is 1.60. The van der Waals surface area contributed by atoms with Crippen molar-refractivity contribution in [1.29, 1.82) is 0 Å². The standard InChI is InChI=1S/C15H18N4OS/c20-14-13(12-7-4-10-21-12)18-19-15(17-14)16-9-8-11-5-2-1-3-6-11/h4-5,7,10H,1-3,6,8-9H2,(H2,16,17,19,20). The predicted octanol–water partition coefficient (Wildman–Crippen LogP) is 3.20. The molecule has 0 saturated carbocycles. The van der Waals surface area contributed by atoms with Crippen LogP contribution < -0.4 is 10.9 Å². The summed E-state index contributed by atoms with van der Waals surface area (Å²) in [6, 6.07) is 3.76. The molecule has 0 unspecified atom stereocenters. The number of aromatic nitrogens is 3. The summed E-state index contributed by atoms with van der Waals surface area (Å²) in [5.41, 5.74) is 1.68. The van der Waals surface area contributed by atoms with E-state index in [-0.39, 0.29) is 5.56 Å². The number of rotatable bonds is 5. The number of hydrogen-bond donors (Lipinski definition) is 2. The maximum atomic E-state index is 12.0. The van der Waals surface area contributed by atoms with Gasteiger partial charge in [-0.25, -0.2) is 0 Å². The lowest BCUT2D eigenvalue weighted by atomic mass is 9.97. The highest BCUT2D eigenvalue weighted by molar-refractivity contribution is 7.13. The van der Waals surface area contributed by atoms with Crippen LogP contribution in [0.3, 0.4) is 0 Å².